The van der Waals surface area contributed by atoms with Crippen LogP contribution in [0.15, 0.2) is 0 Å². The van der Waals surface area contributed by atoms with Crippen LogP contribution in [0.1, 0.15) is 58.8 Å². The molecule has 2 aliphatic rings. The van der Waals surface area contributed by atoms with Crippen molar-refractivity contribution >= 4 is 0 Å². The van der Waals surface area contributed by atoms with E-state index in [-0.39, 0.29) is 5.92 Å². The molecule has 0 aromatic carbocycles. The minimum atomic E-state index is -0.782. The summed E-state index contributed by atoms with van der Waals surface area (Å²) in [5, 5.41) is 24.6. The molecule has 2 N–H and O–H groups in total. The van der Waals surface area contributed by atoms with Crippen LogP contribution >= 0.6 is 0 Å². The molecular formula is C16H28N2O. The molecule has 0 aromatic heterocycles. The molecule has 1 heterocycles. The van der Waals surface area contributed by atoms with Crippen molar-refractivity contribution in [1.82, 2.24) is 5.32 Å². The Hall–Kier alpha value is -0.590. The molecule has 1 saturated carbocycles. The molecule has 1 aliphatic carbocycles. The lowest BCUT2D eigenvalue weighted by molar-refractivity contribution is -0.138. The van der Waals surface area contributed by atoms with Crippen LogP contribution < -0.4 is 5.32 Å². The van der Waals surface area contributed by atoms with E-state index in [0.29, 0.717) is 5.92 Å². The van der Waals surface area contributed by atoms with E-state index in [1.807, 2.05) is 0 Å². The molecule has 0 bridgehead atoms. The lowest BCUT2D eigenvalue weighted by Gasteiger charge is -2.52. The number of nitriles is 1. The number of piperidine rings is 1. The van der Waals surface area contributed by atoms with Crippen LogP contribution in [0, 0.1) is 28.6 Å². The van der Waals surface area contributed by atoms with E-state index in [1.165, 1.54) is 6.42 Å². The summed E-state index contributed by atoms with van der Waals surface area (Å²) in [5.41, 5.74) is -1.29. The highest BCUT2D eigenvalue weighted by molar-refractivity contribution is 5.16. The van der Waals surface area contributed by atoms with E-state index < -0.39 is 11.0 Å². The Morgan fingerprint density at radius 1 is 1.32 bits per heavy atom. The zero-order chi connectivity index (χ0) is 13.9. The quantitative estimate of drug-likeness (QED) is 0.824. The highest BCUT2D eigenvalue weighted by Crippen LogP contribution is 2.52. The fourth-order valence-corrected chi connectivity index (χ4v) is 4.37. The van der Waals surface area contributed by atoms with Gasteiger partial charge in [0.25, 0.3) is 0 Å². The zero-order valence-electron chi connectivity index (χ0n) is 12.4. The van der Waals surface area contributed by atoms with Crippen LogP contribution in [0.25, 0.3) is 0 Å². The molecule has 3 nitrogen and oxygen atoms in total. The number of aliphatic hydroxyl groups is 1. The third-order valence-corrected chi connectivity index (χ3v) is 5.71. The standard InChI is InChI=1S/C16H28N2O/c1-3-13-6-5-7-15(10-13,12-17)16(19)8-9-18-11-14(16)4-2/h13-14,18-19H,3-11H2,1-2H3. The van der Waals surface area contributed by atoms with Crippen molar-refractivity contribution in [2.75, 3.05) is 13.1 Å². The average Bonchev–Trinajstić information content (AvgIpc) is 2.47. The molecule has 108 valence electrons. The molecular weight excluding hydrogens is 236 g/mol. The smallest absolute Gasteiger partial charge is 0.0885 e. The largest absolute Gasteiger partial charge is 0.388 e. The average molecular weight is 264 g/mol. The Labute approximate surface area is 117 Å². The zero-order valence-corrected chi connectivity index (χ0v) is 12.4. The van der Waals surface area contributed by atoms with Crippen molar-refractivity contribution in [3.05, 3.63) is 0 Å². The van der Waals surface area contributed by atoms with Crippen LogP contribution in [0.4, 0.5) is 0 Å². The summed E-state index contributed by atoms with van der Waals surface area (Å²) in [7, 11) is 0. The van der Waals surface area contributed by atoms with Crippen LogP contribution in [0.3, 0.4) is 0 Å². The molecule has 2 fully saturated rings. The Morgan fingerprint density at radius 3 is 2.74 bits per heavy atom. The van der Waals surface area contributed by atoms with Gasteiger partial charge < -0.3 is 10.4 Å². The topological polar surface area (TPSA) is 56.0 Å². The van der Waals surface area contributed by atoms with Gasteiger partial charge in [0.15, 0.2) is 0 Å². The van der Waals surface area contributed by atoms with Crippen LogP contribution in [-0.4, -0.2) is 23.8 Å². The summed E-state index contributed by atoms with van der Waals surface area (Å²) in [6, 6.07) is 2.58. The second kappa shape index (κ2) is 5.81. The fourth-order valence-electron chi connectivity index (χ4n) is 4.37. The maximum absolute atomic E-state index is 11.4. The molecule has 0 aromatic rings. The SMILES string of the molecule is CCC1CCCC(C#N)(C2(O)CCNCC2CC)C1. The molecule has 0 radical (unpaired) electrons. The van der Waals surface area contributed by atoms with Gasteiger partial charge in [-0.1, -0.05) is 33.1 Å². The van der Waals surface area contributed by atoms with Gasteiger partial charge in [-0.2, -0.15) is 5.26 Å². The van der Waals surface area contributed by atoms with Crippen molar-refractivity contribution < 1.29 is 5.11 Å². The van der Waals surface area contributed by atoms with Gasteiger partial charge in [-0.25, -0.2) is 0 Å². The predicted octanol–water partition coefficient (Wildman–Crippen LogP) is 2.85. The third-order valence-electron chi connectivity index (χ3n) is 5.71. The predicted molar refractivity (Wildman–Crippen MR) is 76.5 cm³/mol. The van der Waals surface area contributed by atoms with Crippen LogP contribution in [0.5, 0.6) is 0 Å². The van der Waals surface area contributed by atoms with Gasteiger partial charge in [0.1, 0.15) is 0 Å². The number of hydrogen-bond acceptors (Lipinski definition) is 3. The number of nitrogens with one attached hydrogen (secondary N) is 1. The summed E-state index contributed by atoms with van der Waals surface area (Å²) in [5.74, 6) is 0.835. The van der Waals surface area contributed by atoms with Gasteiger partial charge >= 0.3 is 0 Å². The molecule has 19 heavy (non-hydrogen) atoms. The first-order chi connectivity index (χ1) is 9.12. The highest BCUT2D eigenvalue weighted by atomic mass is 16.3. The first kappa shape index (κ1) is 14.8. The van der Waals surface area contributed by atoms with E-state index in [9.17, 15) is 10.4 Å². The Balaban J connectivity index is 2.30. The summed E-state index contributed by atoms with van der Waals surface area (Å²) in [6.07, 6.45) is 6.91. The molecule has 4 unspecified atom stereocenters. The van der Waals surface area contributed by atoms with Crippen molar-refractivity contribution in [3.63, 3.8) is 0 Å². The van der Waals surface area contributed by atoms with Crippen molar-refractivity contribution in [3.8, 4) is 6.07 Å². The number of rotatable bonds is 3. The summed E-state index contributed by atoms with van der Waals surface area (Å²) in [6.45, 7) is 6.04. The summed E-state index contributed by atoms with van der Waals surface area (Å²) < 4.78 is 0. The van der Waals surface area contributed by atoms with Gasteiger partial charge in [0.2, 0.25) is 0 Å². The molecule has 3 heteroatoms. The van der Waals surface area contributed by atoms with Crippen LogP contribution in [-0.2, 0) is 0 Å². The minimum Gasteiger partial charge on any atom is -0.388 e. The van der Waals surface area contributed by atoms with Gasteiger partial charge in [-0.05, 0) is 38.1 Å². The Bertz CT molecular complexity index is 351. The molecule has 0 spiro atoms. The lowest BCUT2D eigenvalue weighted by Crippen LogP contribution is -2.60. The summed E-state index contributed by atoms with van der Waals surface area (Å²) >= 11 is 0. The van der Waals surface area contributed by atoms with Gasteiger partial charge in [0.05, 0.1) is 17.1 Å². The number of hydrogen-bond donors (Lipinski definition) is 2. The van der Waals surface area contributed by atoms with Gasteiger partial charge in [-0.15, -0.1) is 0 Å². The molecule has 1 saturated heterocycles. The van der Waals surface area contributed by atoms with E-state index >= 15 is 0 Å². The lowest BCUT2D eigenvalue weighted by atomic mass is 9.55. The van der Waals surface area contributed by atoms with Crippen molar-refractivity contribution in [2.24, 2.45) is 17.3 Å². The summed E-state index contributed by atoms with van der Waals surface area (Å²) in [4.78, 5) is 0. The molecule has 2 rings (SSSR count). The van der Waals surface area contributed by atoms with E-state index in [4.69, 9.17) is 0 Å². The molecule has 0 amide bonds. The monoisotopic (exact) mass is 264 g/mol. The fraction of sp³-hybridized carbons (Fsp3) is 0.938. The second-order valence-corrected chi connectivity index (χ2v) is 6.55. The Morgan fingerprint density at radius 2 is 2.11 bits per heavy atom. The minimum absolute atomic E-state index is 0.219. The van der Waals surface area contributed by atoms with E-state index in [2.05, 4.69) is 25.2 Å². The molecule has 4 atom stereocenters. The first-order valence-corrected chi connectivity index (χ1v) is 7.96. The molecule has 1 aliphatic heterocycles. The normalized spacial score (nSPS) is 43.7. The highest BCUT2D eigenvalue weighted by Gasteiger charge is 2.56. The third kappa shape index (κ3) is 2.41. The van der Waals surface area contributed by atoms with Gasteiger partial charge in [0, 0.05) is 12.5 Å². The van der Waals surface area contributed by atoms with Gasteiger partial charge in [-0.3, -0.25) is 0 Å². The second-order valence-electron chi connectivity index (χ2n) is 6.55. The van der Waals surface area contributed by atoms with Crippen molar-refractivity contribution in [1.29, 1.82) is 5.26 Å². The van der Waals surface area contributed by atoms with E-state index in [0.717, 1.165) is 51.6 Å². The maximum Gasteiger partial charge on any atom is 0.0885 e. The van der Waals surface area contributed by atoms with E-state index in [1.54, 1.807) is 0 Å². The van der Waals surface area contributed by atoms with Crippen LogP contribution in [0.2, 0.25) is 0 Å². The first-order valence-electron chi connectivity index (χ1n) is 7.96. The maximum atomic E-state index is 11.4. The Kier molecular flexibility index (Phi) is 4.53. The van der Waals surface area contributed by atoms with Crippen molar-refractivity contribution in [2.45, 2.75) is 64.4 Å². The number of nitrogens with zero attached hydrogens (tertiary/aromatic N) is 1.